The lowest BCUT2D eigenvalue weighted by Crippen LogP contribution is -2.26. The van der Waals surface area contributed by atoms with E-state index in [0.29, 0.717) is 0 Å². The molecule has 0 amide bonds. The SMILES string of the molecule is C[C@H](N)c1ccc(N2CCc3ccccc3CC2)c(Br)c1. The van der Waals surface area contributed by atoms with Crippen LogP contribution in [0.15, 0.2) is 46.9 Å². The zero-order chi connectivity index (χ0) is 14.8. The van der Waals surface area contributed by atoms with Crippen LogP contribution in [0.1, 0.15) is 29.7 Å². The number of fused-ring (bicyclic) bond motifs is 1. The summed E-state index contributed by atoms with van der Waals surface area (Å²) in [5.74, 6) is 0. The summed E-state index contributed by atoms with van der Waals surface area (Å²) in [7, 11) is 0. The number of nitrogens with two attached hydrogens (primary N) is 1. The number of nitrogens with zero attached hydrogens (tertiary/aromatic N) is 1. The van der Waals surface area contributed by atoms with Gasteiger partial charge in [0, 0.05) is 23.6 Å². The van der Waals surface area contributed by atoms with Gasteiger partial charge in [0.05, 0.1) is 5.69 Å². The molecule has 2 aromatic rings. The highest BCUT2D eigenvalue weighted by Crippen LogP contribution is 2.30. The van der Waals surface area contributed by atoms with E-state index in [1.165, 1.54) is 22.4 Å². The quantitative estimate of drug-likeness (QED) is 0.889. The first-order valence-corrected chi connectivity index (χ1v) is 8.31. The van der Waals surface area contributed by atoms with Crippen molar-refractivity contribution in [2.75, 3.05) is 18.0 Å². The van der Waals surface area contributed by atoms with Crippen molar-refractivity contribution >= 4 is 21.6 Å². The average Bonchev–Trinajstić information content (AvgIpc) is 2.70. The molecule has 2 nitrogen and oxygen atoms in total. The molecule has 0 aromatic heterocycles. The van der Waals surface area contributed by atoms with Crippen LogP contribution in [0, 0.1) is 0 Å². The molecule has 3 rings (SSSR count). The molecule has 1 aliphatic heterocycles. The molecular weight excluding hydrogens is 324 g/mol. The van der Waals surface area contributed by atoms with E-state index in [2.05, 4.69) is 63.3 Å². The van der Waals surface area contributed by atoms with Crippen molar-refractivity contribution in [3.63, 3.8) is 0 Å². The third-order valence-electron chi connectivity index (χ3n) is 4.26. The topological polar surface area (TPSA) is 29.3 Å². The van der Waals surface area contributed by atoms with Gasteiger partial charge in [-0.3, -0.25) is 0 Å². The van der Waals surface area contributed by atoms with Gasteiger partial charge >= 0.3 is 0 Å². The number of rotatable bonds is 2. The number of halogens is 1. The van der Waals surface area contributed by atoms with Gasteiger partial charge in [-0.2, -0.15) is 0 Å². The zero-order valence-electron chi connectivity index (χ0n) is 12.3. The molecule has 0 saturated heterocycles. The predicted molar refractivity (Wildman–Crippen MR) is 92.8 cm³/mol. The summed E-state index contributed by atoms with van der Waals surface area (Å²) in [4.78, 5) is 2.47. The lowest BCUT2D eigenvalue weighted by atomic mass is 10.0. The first-order chi connectivity index (χ1) is 10.1. The molecule has 21 heavy (non-hydrogen) atoms. The molecule has 2 aromatic carbocycles. The van der Waals surface area contributed by atoms with Crippen molar-refractivity contribution in [3.8, 4) is 0 Å². The van der Waals surface area contributed by atoms with Gasteiger partial charge in [0.1, 0.15) is 0 Å². The number of benzene rings is 2. The van der Waals surface area contributed by atoms with E-state index in [1.807, 2.05) is 6.92 Å². The summed E-state index contributed by atoms with van der Waals surface area (Å²) in [6.45, 7) is 4.14. The van der Waals surface area contributed by atoms with Gasteiger partial charge in [0.25, 0.3) is 0 Å². The van der Waals surface area contributed by atoms with Gasteiger partial charge in [-0.25, -0.2) is 0 Å². The maximum atomic E-state index is 5.96. The zero-order valence-corrected chi connectivity index (χ0v) is 13.9. The Morgan fingerprint density at radius 2 is 1.67 bits per heavy atom. The molecule has 0 bridgehead atoms. The highest BCUT2D eigenvalue weighted by molar-refractivity contribution is 9.10. The molecule has 0 saturated carbocycles. The van der Waals surface area contributed by atoms with Crippen LogP contribution >= 0.6 is 15.9 Å². The number of hydrogen-bond donors (Lipinski definition) is 1. The maximum Gasteiger partial charge on any atom is 0.0511 e. The first-order valence-electron chi connectivity index (χ1n) is 7.52. The van der Waals surface area contributed by atoms with Gasteiger partial charge in [0.15, 0.2) is 0 Å². The predicted octanol–water partition coefficient (Wildman–Crippen LogP) is 4.07. The lowest BCUT2D eigenvalue weighted by molar-refractivity contribution is 0.796. The summed E-state index contributed by atoms with van der Waals surface area (Å²) in [6, 6.07) is 15.4. The fraction of sp³-hybridized carbons (Fsp3) is 0.333. The lowest BCUT2D eigenvalue weighted by Gasteiger charge is -2.24. The minimum absolute atomic E-state index is 0.0729. The molecule has 3 heteroatoms. The summed E-state index contributed by atoms with van der Waals surface area (Å²) in [5, 5.41) is 0. The van der Waals surface area contributed by atoms with E-state index < -0.39 is 0 Å². The Labute approximate surface area is 135 Å². The van der Waals surface area contributed by atoms with Crippen LogP contribution in [0.4, 0.5) is 5.69 Å². The fourth-order valence-corrected chi connectivity index (χ4v) is 3.62. The molecule has 2 N–H and O–H groups in total. The third kappa shape index (κ3) is 3.14. The molecule has 0 aliphatic carbocycles. The van der Waals surface area contributed by atoms with Crippen molar-refractivity contribution in [2.24, 2.45) is 5.73 Å². The minimum atomic E-state index is 0.0729. The van der Waals surface area contributed by atoms with Crippen LogP contribution in [0.2, 0.25) is 0 Å². The summed E-state index contributed by atoms with van der Waals surface area (Å²) >= 11 is 3.71. The van der Waals surface area contributed by atoms with Gasteiger partial charge in [-0.15, -0.1) is 0 Å². The van der Waals surface area contributed by atoms with Crippen LogP contribution < -0.4 is 10.6 Å². The Balaban J connectivity index is 1.83. The average molecular weight is 345 g/mol. The van der Waals surface area contributed by atoms with Crippen LogP contribution in [0.3, 0.4) is 0 Å². The second-order valence-corrected chi connectivity index (χ2v) is 6.61. The largest absolute Gasteiger partial charge is 0.370 e. The standard InChI is InChI=1S/C18H21BrN2/c1-13(20)16-6-7-18(17(19)12-16)21-10-8-14-4-2-3-5-15(14)9-11-21/h2-7,12-13H,8-11,20H2,1H3/t13-/m0/s1. The molecule has 0 fully saturated rings. The highest BCUT2D eigenvalue weighted by Gasteiger charge is 2.16. The number of anilines is 1. The molecular formula is C18H21BrN2. The fourth-order valence-electron chi connectivity index (χ4n) is 2.97. The normalized spacial score (nSPS) is 16.2. The van der Waals surface area contributed by atoms with Crippen LogP contribution in [-0.4, -0.2) is 13.1 Å². The van der Waals surface area contributed by atoms with Crippen molar-refractivity contribution in [3.05, 3.63) is 63.6 Å². The Morgan fingerprint density at radius 3 is 2.19 bits per heavy atom. The van der Waals surface area contributed by atoms with E-state index in [9.17, 15) is 0 Å². The Hall–Kier alpha value is -1.32. The van der Waals surface area contributed by atoms with Crippen LogP contribution in [0.25, 0.3) is 0 Å². The van der Waals surface area contributed by atoms with E-state index >= 15 is 0 Å². The van der Waals surface area contributed by atoms with Gasteiger partial charge in [-0.05, 0) is 64.5 Å². The van der Waals surface area contributed by atoms with E-state index in [-0.39, 0.29) is 6.04 Å². The van der Waals surface area contributed by atoms with E-state index in [1.54, 1.807) is 0 Å². The van der Waals surface area contributed by atoms with E-state index in [4.69, 9.17) is 5.73 Å². The Bertz CT molecular complexity index is 610. The molecule has 1 heterocycles. The van der Waals surface area contributed by atoms with Gasteiger partial charge in [0.2, 0.25) is 0 Å². The monoisotopic (exact) mass is 344 g/mol. The molecule has 1 atom stereocenters. The molecule has 0 radical (unpaired) electrons. The van der Waals surface area contributed by atoms with Crippen molar-refractivity contribution in [1.82, 2.24) is 0 Å². The second kappa shape index (κ2) is 6.20. The molecule has 1 aliphatic rings. The summed E-state index contributed by atoms with van der Waals surface area (Å²) < 4.78 is 1.14. The highest BCUT2D eigenvalue weighted by atomic mass is 79.9. The van der Waals surface area contributed by atoms with Crippen molar-refractivity contribution in [2.45, 2.75) is 25.8 Å². The van der Waals surface area contributed by atoms with Crippen LogP contribution in [-0.2, 0) is 12.8 Å². The Morgan fingerprint density at radius 1 is 1.05 bits per heavy atom. The van der Waals surface area contributed by atoms with Gasteiger partial charge < -0.3 is 10.6 Å². The number of hydrogen-bond acceptors (Lipinski definition) is 2. The third-order valence-corrected chi connectivity index (χ3v) is 4.89. The van der Waals surface area contributed by atoms with Crippen molar-refractivity contribution in [1.29, 1.82) is 0 Å². The van der Waals surface area contributed by atoms with E-state index in [0.717, 1.165) is 30.4 Å². The first kappa shape index (κ1) is 14.6. The van der Waals surface area contributed by atoms with Crippen molar-refractivity contribution < 1.29 is 0 Å². The second-order valence-electron chi connectivity index (χ2n) is 5.76. The Kier molecular flexibility index (Phi) is 4.32. The van der Waals surface area contributed by atoms with Crippen LogP contribution in [0.5, 0.6) is 0 Å². The molecule has 0 unspecified atom stereocenters. The molecule has 110 valence electrons. The maximum absolute atomic E-state index is 5.96. The summed E-state index contributed by atoms with van der Waals surface area (Å²) in [5.41, 5.74) is 11.4. The smallest absolute Gasteiger partial charge is 0.0511 e. The van der Waals surface area contributed by atoms with Gasteiger partial charge in [-0.1, -0.05) is 30.3 Å². The minimum Gasteiger partial charge on any atom is -0.370 e. The molecule has 0 spiro atoms. The summed E-state index contributed by atoms with van der Waals surface area (Å²) in [6.07, 6.45) is 2.22.